The maximum absolute atomic E-state index is 11.2. The van der Waals surface area contributed by atoms with Crippen molar-refractivity contribution in [3.05, 3.63) is 47.3 Å². The van der Waals surface area contributed by atoms with Gasteiger partial charge in [-0.2, -0.15) is 11.8 Å². The Kier molecular flexibility index (Phi) is 6.29. The summed E-state index contributed by atoms with van der Waals surface area (Å²) in [4.78, 5) is 13.6. The molecule has 0 bridgehead atoms. The third-order valence-corrected chi connectivity index (χ3v) is 4.93. The predicted octanol–water partition coefficient (Wildman–Crippen LogP) is 3.71. The van der Waals surface area contributed by atoms with Gasteiger partial charge < -0.3 is 5.11 Å². The van der Waals surface area contributed by atoms with E-state index in [1.165, 1.54) is 10.4 Å². The zero-order chi connectivity index (χ0) is 15.1. The third kappa shape index (κ3) is 4.88. The van der Waals surface area contributed by atoms with E-state index < -0.39 is 12.0 Å². The first-order chi connectivity index (χ1) is 10.2. The average molecular weight is 321 g/mol. The van der Waals surface area contributed by atoms with Gasteiger partial charge in [-0.1, -0.05) is 30.3 Å². The number of thiophene rings is 1. The first-order valence-electron chi connectivity index (χ1n) is 6.80. The Bertz CT molecular complexity index is 569. The number of carbonyl (C=O) groups is 1. The van der Waals surface area contributed by atoms with Gasteiger partial charge in [0, 0.05) is 16.3 Å². The number of rotatable bonds is 8. The number of carboxylic acids is 1. The van der Waals surface area contributed by atoms with Crippen LogP contribution in [0.4, 0.5) is 0 Å². The molecule has 0 aliphatic carbocycles. The van der Waals surface area contributed by atoms with Crippen molar-refractivity contribution in [2.75, 3.05) is 12.0 Å². The average Bonchev–Trinajstić information content (AvgIpc) is 2.97. The Morgan fingerprint density at radius 3 is 2.71 bits per heavy atom. The van der Waals surface area contributed by atoms with Gasteiger partial charge in [-0.25, -0.2) is 0 Å². The van der Waals surface area contributed by atoms with E-state index in [9.17, 15) is 9.90 Å². The second-order valence-electron chi connectivity index (χ2n) is 4.69. The highest BCUT2D eigenvalue weighted by atomic mass is 32.2. The fourth-order valence-electron chi connectivity index (χ4n) is 2.00. The second kappa shape index (κ2) is 8.22. The van der Waals surface area contributed by atoms with Crippen LogP contribution in [0.5, 0.6) is 0 Å². The summed E-state index contributed by atoms with van der Waals surface area (Å²) < 4.78 is 0. The molecule has 0 fully saturated rings. The van der Waals surface area contributed by atoms with Crippen molar-refractivity contribution in [3.8, 4) is 10.4 Å². The lowest BCUT2D eigenvalue weighted by molar-refractivity contribution is -0.139. The third-order valence-electron chi connectivity index (χ3n) is 3.15. The molecule has 0 spiro atoms. The number of aliphatic carboxylic acids is 1. The summed E-state index contributed by atoms with van der Waals surface area (Å²) in [5.41, 5.74) is 1.20. The molecular weight excluding hydrogens is 302 g/mol. The minimum atomic E-state index is -0.774. The fraction of sp³-hybridized carbons (Fsp3) is 0.312. The van der Waals surface area contributed by atoms with Crippen LogP contribution in [0.2, 0.25) is 0 Å². The molecule has 0 saturated carbocycles. The van der Waals surface area contributed by atoms with Gasteiger partial charge in [-0.05, 0) is 36.1 Å². The minimum Gasteiger partial charge on any atom is -0.480 e. The number of thioether (sulfide) groups is 1. The summed E-state index contributed by atoms with van der Waals surface area (Å²) in [6, 6.07) is 13.9. The lowest BCUT2D eigenvalue weighted by Crippen LogP contribution is -2.36. The lowest BCUT2D eigenvalue weighted by atomic mass is 10.2. The van der Waals surface area contributed by atoms with Crippen LogP contribution in [0.1, 0.15) is 11.3 Å². The van der Waals surface area contributed by atoms with Crippen LogP contribution in [0, 0.1) is 0 Å². The number of nitrogens with one attached hydrogen (secondary N) is 1. The van der Waals surface area contributed by atoms with Crippen LogP contribution in [0.15, 0.2) is 42.5 Å². The van der Waals surface area contributed by atoms with Gasteiger partial charge in [0.25, 0.3) is 0 Å². The van der Waals surface area contributed by atoms with Crippen LogP contribution in [-0.4, -0.2) is 29.1 Å². The summed E-state index contributed by atoms with van der Waals surface area (Å²) in [6.45, 7) is 0.600. The van der Waals surface area contributed by atoms with Crippen molar-refractivity contribution in [3.63, 3.8) is 0 Å². The molecule has 1 atom stereocenters. The topological polar surface area (TPSA) is 49.3 Å². The van der Waals surface area contributed by atoms with E-state index in [1.54, 1.807) is 23.1 Å². The van der Waals surface area contributed by atoms with Crippen molar-refractivity contribution < 1.29 is 9.90 Å². The van der Waals surface area contributed by atoms with Crippen molar-refractivity contribution in [1.82, 2.24) is 5.32 Å². The Balaban J connectivity index is 1.94. The molecule has 1 heterocycles. The van der Waals surface area contributed by atoms with Crippen molar-refractivity contribution in [2.24, 2.45) is 0 Å². The first kappa shape index (κ1) is 16.1. The zero-order valence-electron chi connectivity index (χ0n) is 11.9. The molecule has 5 heteroatoms. The molecule has 0 saturated heterocycles. The molecule has 2 N–H and O–H groups in total. The summed E-state index contributed by atoms with van der Waals surface area (Å²) >= 11 is 3.37. The molecule has 3 nitrogen and oxygen atoms in total. The largest absolute Gasteiger partial charge is 0.480 e. The minimum absolute atomic E-state index is 0.472. The lowest BCUT2D eigenvalue weighted by Gasteiger charge is -2.12. The van der Waals surface area contributed by atoms with Crippen molar-refractivity contribution in [1.29, 1.82) is 0 Å². The predicted molar refractivity (Wildman–Crippen MR) is 91.0 cm³/mol. The molecule has 2 rings (SSSR count). The molecule has 21 heavy (non-hydrogen) atoms. The molecule has 0 radical (unpaired) electrons. The Morgan fingerprint density at radius 1 is 1.29 bits per heavy atom. The second-order valence-corrected chi connectivity index (χ2v) is 6.84. The molecule has 2 aromatic rings. The summed E-state index contributed by atoms with van der Waals surface area (Å²) in [5.74, 6) is 0.0767. The maximum Gasteiger partial charge on any atom is 0.320 e. The summed E-state index contributed by atoms with van der Waals surface area (Å²) in [6.07, 6.45) is 2.64. The van der Waals surface area contributed by atoms with E-state index in [1.807, 2.05) is 24.5 Å². The standard InChI is InChI=1S/C16H19NO2S2/c1-20-10-9-14(16(18)19)17-11-13-7-8-15(21-13)12-5-3-2-4-6-12/h2-8,14,17H,9-11H2,1H3,(H,18,19)/t14-/m1/s1. The van der Waals surface area contributed by atoms with Gasteiger partial charge in [0.1, 0.15) is 6.04 Å². The van der Waals surface area contributed by atoms with Crippen LogP contribution in [0.25, 0.3) is 10.4 Å². The summed E-state index contributed by atoms with van der Waals surface area (Å²) in [5, 5.41) is 12.3. The van der Waals surface area contributed by atoms with Gasteiger partial charge in [-0.3, -0.25) is 10.1 Å². The number of benzene rings is 1. The Morgan fingerprint density at radius 2 is 2.05 bits per heavy atom. The van der Waals surface area contributed by atoms with Crippen LogP contribution in [-0.2, 0) is 11.3 Å². The molecule has 0 unspecified atom stereocenters. The zero-order valence-corrected chi connectivity index (χ0v) is 13.5. The van der Waals surface area contributed by atoms with E-state index in [2.05, 4.69) is 29.6 Å². The van der Waals surface area contributed by atoms with E-state index in [0.29, 0.717) is 13.0 Å². The van der Waals surface area contributed by atoms with Crippen molar-refractivity contribution in [2.45, 2.75) is 19.0 Å². The quantitative estimate of drug-likeness (QED) is 0.778. The molecule has 0 aliphatic heterocycles. The molecule has 112 valence electrons. The van der Waals surface area contributed by atoms with E-state index in [-0.39, 0.29) is 0 Å². The molecule has 1 aromatic heterocycles. The monoisotopic (exact) mass is 321 g/mol. The molecule has 0 amide bonds. The van der Waals surface area contributed by atoms with Crippen LogP contribution >= 0.6 is 23.1 Å². The molecule has 0 aliphatic rings. The first-order valence-corrected chi connectivity index (χ1v) is 9.01. The summed E-state index contributed by atoms with van der Waals surface area (Å²) in [7, 11) is 0. The van der Waals surface area contributed by atoms with Gasteiger partial charge in [0.05, 0.1) is 0 Å². The van der Waals surface area contributed by atoms with Gasteiger partial charge >= 0.3 is 5.97 Å². The Hall–Kier alpha value is -1.30. The number of hydrogen-bond donors (Lipinski definition) is 2. The maximum atomic E-state index is 11.2. The highest BCUT2D eigenvalue weighted by Crippen LogP contribution is 2.27. The smallest absolute Gasteiger partial charge is 0.320 e. The number of carboxylic acid groups (broad SMARTS) is 1. The fourth-order valence-corrected chi connectivity index (χ4v) is 3.44. The Labute approximate surface area is 133 Å². The molecule has 1 aromatic carbocycles. The van der Waals surface area contributed by atoms with E-state index in [4.69, 9.17) is 0 Å². The van der Waals surface area contributed by atoms with Crippen LogP contribution in [0.3, 0.4) is 0 Å². The number of hydrogen-bond acceptors (Lipinski definition) is 4. The van der Waals surface area contributed by atoms with Gasteiger partial charge in [0.15, 0.2) is 0 Å². The van der Waals surface area contributed by atoms with Gasteiger partial charge in [-0.15, -0.1) is 11.3 Å². The highest BCUT2D eigenvalue weighted by molar-refractivity contribution is 7.98. The van der Waals surface area contributed by atoms with Gasteiger partial charge in [0.2, 0.25) is 0 Å². The SMILES string of the molecule is CSCC[C@@H](NCc1ccc(-c2ccccc2)s1)C(=O)O. The van der Waals surface area contributed by atoms with Crippen LogP contribution < -0.4 is 5.32 Å². The highest BCUT2D eigenvalue weighted by Gasteiger charge is 2.16. The normalized spacial score (nSPS) is 12.2. The van der Waals surface area contributed by atoms with Crippen molar-refractivity contribution >= 4 is 29.1 Å². The van der Waals surface area contributed by atoms with E-state index >= 15 is 0 Å². The van der Waals surface area contributed by atoms with E-state index in [0.717, 1.165) is 10.6 Å². The molecular formula is C16H19NO2S2.